The maximum atomic E-state index is 12.9. The van der Waals surface area contributed by atoms with Crippen LogP contribution in [0.25, 0.3) is 0 Å². The molecule has 0 aromatic rings. The third-order valence-corrected chi connectivity index (χ3v) is 13.5. The third kappa shape index (κ3) is 2.58. The molecule has 5 saturated carbocycles. The largest absolute Gasteiger partial charge is 0.388 e. The summed E-state index contributed by atoms with van der Waals surface area (Å²) in [5.41, 5.74) is 0.626. The molecule has 1 heterocycles. The maximum absolute atomic E-state index is 12.9. The van der Waals surface area contributed by atoms with Gasteiger partial charge in [-0.05, 0) is 117 Å². The van der Waals surface area contributed by atoms with Crippen LogP contribution in [-0.4, -0.2) is 28.7 Å². The van der Waals surface area contributed by atoms with Crippen molar-refractivity contribution >= 4 is 5.78 Å². The number of fused-ring (bicyclic) bond motifs is 4. The molecule has 3 heteroatoms. The fraction of sp³-hybridized carbons (Fsp3) is 0.967. The molecule has 186 valence electrons. The lowest BCUT2D eigenvalue weighted by atomic mass is 9.42. The van der Waals surface area contributed by atoms with Gasteiger partial charge in [-0.15, -0.1) is 0 Å². The summed E-state index contributed by atoms with van der Waals surface area (Å²) in [6, 6.07) is 0. The first-order valence-electron chi connectivity index (χ1n) is 14.1. The molecule has 1 saturated heterocycles. The Kier molecular flexibility index (Phi) is 4.51. The van der Waals surface area contributed by atoms with Crippen molar-refractivity contribution in [2.75, 3.05) is 0 Å². The van der Waals surface area contributed by atoms with Crippen molar-refractivity contribution in [3.8, 4) is 0 Å². The molecule has 0 aromatic heterocycles. The summed E-state index contributed by atoms with van der Waals surface area (Å²) in [6.45, 7) is 16.1. The van der Waals surface area contributed by atoms with E-state index < -0.39 is 5.60 Å². The van der Waals surface area contributed by atoms with Crippen LogP contribution in [0.4, 0.5) is 0 Å². The fourth-order valence-corrected chi connectivity index (χ4v) is 11.8. The number of Topliss-reactive ketones (excluding diaryl/α,β-unsaturated/α-hetero) is 1. The van der Waals surface area contributed by atoms with Crippen molar-refractivity contribution in [2.24, 2.45) is 50.7 Å². The van der Waals surface area contributed by atoms with Gasteiger partial charge >= 0.3 is 0 Å². The van der Waals surface area contributed by atoms with Gasteiger partial charge in [0.1, 0.15) is 5.78 Å². The van der Waals surface area contributed by atoms with Crippen LogP contribution < -0.4 is 0 Å². The quantitative estimate of drug-likeness (QED) is 0.486. The molecular weight excluding hydrogens is 408 g/mol. The SMILES string of the molecule is C[C@@H]1CC[C@H](C(C)(C)O)O[C@@H]2C[C@@]3(C)[C@@H]4CC[C@@H]5C(C)(C)C(=O)CC[C@]56C[C@]46CC[C@]3(C)[C@@H]12. The topological polar surface area (TPSA) is 46.5 Å². The van der Waals surface area contributed by atoms with E-state index in [1.807, 2.05) is 13.8 Å². The highest BCUT2D eigenvalue weighted by atomic mass is 16.5. The zero-order chi connectivity index (χ0) is 23.8. The van der Waals surface area contributed by atoms with E-state index in [4.69, 9.17) is 4.74 Å². The Morgan fingerprint density at radius 3 is 2.27 bits per heavy atom. The number of rotatable bonds is 1. The number of ketones is 1. The Morgan fingerprint density at radius 1 is 0.909 bits per heavy atom. The van der Waals surface area contributed by atoms with E-state index in [1.165, 1.54) is 44.9 Å². The number of aliphatic hydroxyl groups is 1. The number of carbonyl (C=O) groups excluding carboxylic acids is 1. The first-order valence-corrected chi connectivity index (χ1v) is 14.1. The van der Waals surface area contributed by atoms with Crippen LogP contribution in [0.3, 0.4) is 0 Å². The van der Waals surface area contributed by atoms with Gasteiger partial charge in [0.15, 0.2) is 0 Å². The minimum absolute atomic E-state index is 0.0515. The van der Waals surface area contributed by atoms with Gasteiger partial charge in [0, 0.05) is 11.8 Å². The normalized spacial score (nSPS) is 57.2. The maximum Gasteiger partial charge on any atom is 0.138 e. The fourth-order valence-electron chi connectivity index (χ4n) is 11.8. The second-order valence-electron chi connectivity index (χ2n) is 15.3. The molecule has 0 amide bonds. The van der Waals surface area contributed by atoms with E-state index in [-0.39, 0.29) is 17.6 Å². The monoisotopic (exact) mass is 456 g/mol. The first-order chi connectivity index (χ1) is 15.2. The van der Waals surface area contributed by atoms with Crippen molar-refractivity contribution in [1.82, 2.24) is 0 Å². The average Bonchev–Trinajstić information content (AvgIpc) is 3.35. The Morgan fingerprint density at radius 2 is 1.58 bits per heavy atom. The van der Waals surface area contributed by atoms with Crippen LogP contribution in [0.15, 0.2) is 0 Å². The molecule has 1 N–H and O–H groups in total. The van der Waals surface area contributed by atoms with Gasteiger partial charge in [-0.1, -0.05) is 34.6 Å². The van der Waals surface area contributed by atoms with Crippen molar-refractivity contribution in [1.29, 1.82) is 0 Å². The van der Waals surface area contributed by atoms with Crippen LogP contribution >= 0.6 is 0 Å². The summed E-state index contributed by atoms with van der Waals surface area (Å²) in [5, 5.41) is 10.8. The molecule has 10 atom stereocenters. The van der Waals surface area contributed by atoms with Crippen molar-refractivity contribution in [3.05, 3.63) is 0 Å². The van der Waals surface area contributed by atoms with Gasteiger partial charge in [-0.2, -0.15) is 0 Å². The predicted octanol–water partition coefficient (Wildman–Crippen LogP) is 6.56. The van der Waals surface area contributed by atoms with E-state index in [2.05, 4.69) is 34.6 Å². The van der Waals surface area contributed by atoms with Crippen LogP contribution in [0.5, 0.6) is 0 Å². The number of carbonyl (C=O) groups is 1. The highest BCUT2D eigenvalue weighted by molar-refractivity contribution is 5.86. The standard InChI is InChI=1S/C30H48O3/c1-18-8-11-23(26(4,5)32)33-19-16-28(7)21-10-9-20-25(2,3)22(31)12-13-29(20)17-30(21,29)15-14-27(28,6)24(18)19/h18-21,23-24,32H,8-17H2,1-7H3/t18-,19-,20-,21+,23-,24+,27-,28+,29+,30-/m1/s1. The summed E-state index contributed by atoms with van der Waals surface area (Å²) >= 11 is 0. The smallest absolute Gasteiger partial charge is 0.138 e. The average molecular weight is 457 g/mol. The van der Waals surface area contributed by atoms with E-state index in [0.29, 0.717) is 45.2 Å². The zero-order valence-corrected chi connectivity index (χ0v) is 22.3. The van der Waals surface area contributed by atoms with Crippen LogP contribution in [-0.2, 0) is 9.53 Å². The lowest BCUT2D eigenvalue weighted by Gasteiger charge is -2.62. The van der Waals surface area contributed by atoms with Crippen molar-refractivity contribution < 1.29 is 14.6 Å². The van der Waals surface area contributed by atoms with E-state index in [1.54, 1.807) is 0 Å². The predicted molar refractivity (Wildman–Crippen MR) is 131 cm³/mol. The molecule has 0 unspecified atom stereocenters. The van der Waals surface area contributed by atoms with E-state index >= 15 is 0 Å². The third-order valence-electron chi connectivity index (χ3n) is 13.5. The summed E-state index contributed by atoms with van der Waals surface area (Å²) < 4.78 is 6.88. The molecule has 0 aromatic carbocycles. The Balaban J connectivity index is 1.37. The molecule has 0 bridgehead atoms. The summed E-state index contributed by atoms with van der Waals surface area (Å²) in [7, 11) is 0. The molecule has 0 radical (unpaired) electrons. The lowest BCUT2D eigenvalue weighted by molar-refractivity contribution is -0.157. The first kappa shape index (κ1) is 23.0. The summed E-state index contributed by atoms with van der Waals surface area (Å²) in [5.74, 6) is 3.14. The van der Waals surface area contributed by atoms with E-state index in [9.17, 15) is 9.90 Å². The van der Waals surface area contributed by atoms with Gasteiger partial charge in [0.2, 0.25) is 0 Å². The molecule has 33 heavy (non-hydrogen) atoms. The molecule has 1 aliphatic heterocycles. The minimum Gasteiger partial charge on any atom is -0.388 e. The highest BCUT2D eigenvalue weighted by Crippen LogP contribution is 2.89. The second-order valence-corrected chi connectivity index (χ2v) is 15.3. The molecule has 3 nitrogen and oxygen atoms in total. The van der Waals surface area contributed by atoms with Gasteiger partial charge in [-0.25, -0.2) is 0 Å². The summed E-state index contributed by atoms with van der Waals surface area (Å²) in [4.78, 5) is 12.9. The molecule has 6 aliphatic rings. The van der Waals surface area contributed by atoms with Crippen LogP contribution in [0, 0.1) is 50.7 Å². The van der Waals surface area contributed by atoms with Gasteiger partial charge < -0.3 is 9.84 Å². The van der Waals surface area contributed by atoms with Gasteiger partial charge in [0.25, 0.3) is 0 Å². The van der Waals surface area contributed by atoms with Crippen molar-refractivity contribution in [2.45, 2.75) is 130 Å². The molecule has 6 rings (SSSR count). The van der Waals surface area contributed by atoms with E-state index in [0.717, 1.165) is 25.2 Å². The Bertz CT molecular complexity index is 870. The Labute approximate surface area is 201 Å². The van der Waals surface area contributed by atoms with Crippen LogP contribution in [0.1, 0.15) is 113 Å². The van der Waals surface area contributed by atoms with Gasteiger partial charge in [-0.3, -0.25) is 4.79 Å². The molecular formula is C30H48O3. The number of hydrogen-bond donors (Lipinski definition) is 1. The van der Waals surface area contributed by atoms with Crippen molar-refractivity contribution in [3.63, 3.8) is 0 Å². The second kappa shape index (κ2) is 6.47. The Hall–Kier alpha value is -0.410. The van der Waals surface area contributed by atoms with Crippen LogP contribution in [0.2, 0.25) is 0 Å². The molecule has 2 spiro atoms. The van der Waals surface area contributed by atoms with Gasteiger partial charge in [0.05, 0.1) is 17.8 Å². The molecule has 5 aliphatic carbocycles. The zero-order valence-electron chi connectivity index (χ0n) is 22.3. The minimum atomic E-state index is -0.774. The number of ether oxygens (including phenoxy) is 1. The number of hydrogen-bond acceptors (Lipinski definition) is 3. The highest BCUT2D eigenvalue weighted by Gasteiger charge is 2.83. The lowest BCUT2D eigenvalue weighted by Crippen LogP contribution is -2.57. The summed E-state index contributed by atoms with van der Waals surface area (Å²) in [6.07, 6.45) is 12.1. The molecule has 6 fully saturated rings.